The van der Waals surface area contributed by atoms with Gasteiger partial charge in [0, 0.05) is 26.1 Å². The van der Waals surface area contributed by atoms with E-state index in [0.29, 0.717) is 24.6 Å². The number of aromatic nitrogens is 3. The van der Waals surface area contributed by atoms with Gasteiger partial charge in [0.1, 0.15) is 17.3 Å². The molecule has 0 radical (unpaired) electrons. The van der Waals surface area contributed by atoms with Crippen LogP contribution in [0.5, 0.6) is 0 Å². The summed E-state index contributed by atoms with van der Waals surface area (Å²) in [4.78, 5) is 6.68. The molecule has 1 fully saturated rings. The second kappa shape index (κ2) is 10.3. The van der Waals surface area contributed by atoms with Crippen molar-refractivity contribution in [1.29, 1.82) is 0 Å². The number of ether oxygens (including phenoxy) is 1. The Balaban J connectivity index is 1.64. The lowest BCUT2D eigenvalue weighted by atomic mass is 10.1. The van der Waals surface area contributed by atoms with Gasteiger partial charge in [-0.25, -0.2) is 27.6 Å². The molecule has 0 saturated carbocycles. The first-order valence-corrected chi connectivity index (χ1v) is 12.9. The second-order valence-electron chi connectivity index (χ2n) is 8.70. The first kappa shape index (κ1) is 24.5. The third-order valence-electron chi connectivity index (χ3n) is 5.79. The van der Waals surface area contributed by atoms with E-state index in [-0.39, 0.29) is 16.7 Å². The molecule has 10 heteroatoms. The number of aryl methyl sites for hydroxylation is 1. The van der Waals surface area contributed by atoms with Crippen LogP contribution in [0.1, 0.15) is 42.5 Å². The molecule has 1 aliphatic rings. The number of hydrogen-bond donors (Lipinski definition) is 1. The van der Waals surface area contributed by atoms with Gasteiger partial charge < -0.3 is 4.74 Å². The van der Waals surface area contributed by atoms with Gasteiger partial charge in [0.25, 0.3) is 0 Å². The van der Waals surface area contributed by atoms with Crippen molar-refractivity contribution in [2.75, 3.05) is 19.7 Å². The fourth-order valence-corrected chi connectivity index (χ4v) is 4.69. The molecule has 34 heavy (non-hydrogen) atoms. The summed E-state index contributed by atoms with van der Waals surface area (Å²) >= 11 is 0. The lowest BCUT2D eigenvalue weighted by molar-refractivity contribution is 0.0588. The molecule has 2 aromatic carbocycles. The fourth-order valence-electron chi connectivity index (χ4n) is 4.17. The first-order chi connectivity index (χ1) is 16.2. The molecule has 0 aliphatic carbocycles. The van der Waals surface area contributed by atoms with Crippen LogP contribution in [0, 0.1) is 12.7 Å². The van der Waals surface area contributed by atoms with Gasteiger partial charge in [-0.3, -0.25) is 4.90 Å². The SMILES string of the molecule is CCCO[C@H]1CCN(Cc2nc(Cc3cccc(C)c3)n(-c3ccc(S(N)(=O)=O)cc3F)n2)C1. The zero-order valence-electron chi connectivity index (χ0n) is 19.4. The second-order valence-corrected chi connectivity index (χ2v) is 10.3. The highest BCUT2D eigenvalue weighted by atomic mass is 32.2. The average Bonchev–Trinajstić information content (AvgIpc) is 3.38. The van der Waals surface area contributed by atoms with Crippen LogP contribution in [0.15, 0.2) is 47.4 Å². The molecule has 0 unspecified atom stereocenters. The summed E-state index contributed by atoms with van der Waals surface area (Å²) < 4.78 is 45.6. The van der Waals surface area contributed by atoms with E-state index in [1.165, 1.54) is 16.8 Å². The Morgan fingerprint density at radius 3 is 2.76 bits per heavy atom. The fraction of sp³-hybridized carbons (Fsp3) is 0.417. The van der Waals surface area contributed by atoms with Gasteiger partial charge in [-0.15, -0.1) is 5.10 Å². The highest BCUT2D eigenvalue weighted by Gasteiger charge is 2.25. The standard InChI is InChI=1S/C24H30FN5O3S/c1-3-11-33-19-9-10-29(15-19)16-23-27-24(13-18-6-4-5-17(2)12-18)30(28-23)22-8-7-20(14-21(22)25)34(26,31)32/h4-8,12,14,19H,3,9-11,13,15-16H2,1-2H3,(H2,26,31,32)/t19-/m0/s1. The number of likely N-dealkylation sites (tertiary alicyclic amines) is 1. The molecule has 1 aliphatic heterocycles. The minimum atomic E-state index is -4.01. The summed E-state index contributed by atoms with van der Waals surface area (Å²) in [5, 5.41) is 9.76. The normalized spacial score (nSPS) is 16.9. The number of nitrogens with zero attached hydrogens (tertiary/aromatic N) is 4. The van der Waals surface area contributed by atoms with Gasteiger partial charge in [-0.2, -0.15) is 0 Å². The van der Waals surface area contributed by atoms with Crippen molar-refractivity contribution in [2.24, 2.45) is 5.14 Å². The summed E-state index contributed by atoms with van der Waals surface area (Å²) in [6, 6.07) is 11.6. The molecule has 1 aromatic heterocycles. The number of sulfonamides is 1. The van der Waals surface area contributed by atoms with E-state index in [0.717, 1.165) is 49.7 Å². The molecular formula is C24H30FN5O3S. The summed E-state index contributed by atoms with van der Waals surface area (Å²) in [5.74, 6) is 0.414. The monoisotopic (exact) mass is 487 g/mol. The molecule has 2 N–H and O–H groups in total. The van der Waals surface area contributed by atoms with Gasteiger partial charge >= 0.3 is 0 Å². The Bertz CT molecular complexity index is 1260. The Morgan fingerprint density at radius 2 is 2.06 bits per heavy atom. The lowest BCUT2D eigenvalue weighted by Gasteiger charge is -2.14. The molecule has 1 saturated heterocycles. The van der Waals surface area contributed by atoms with Crippen LogP contribution in [0.2, 0.25) is 0 Å². The number of halogens is 1. The van der Waals surface area contributed by atoms with E-state index in [1.54, 1.807) is 0 Å². The predicted molar refractivity (Wildman–Crippen MR) is 127 cm³/mol. The van der Waals surface area contributed by atoms with E-state index < -0.39 is 15.8 Å². The average molecular weight is 488 g/mol. The smallest absolute Gasteiger partial charge is 0.238 e. The zero-order valence-corrected chi connectivity index (χ0v) is 20.3. The number of primary sulfonamides is 1. The van der Waals surface area contributed by atoms with Crippen LogP contribution in [0.4, 0.5) is 4.39 Å². The van der Waals surface area contributed by atoms with Crippen molar-refractivity contribution in [1.82, 2.24) is 19.7 Å². The maximum absolute atomic E-state index is 15.0. The van der Waals surface area contributed by atoms with Gasteiger partial charge in [0.2, 0.25) is 10.0 Å². The molecular weight excluding hydrogens is 457 g/mol. The third-order valence-corrected chi connectivity index (χ3v) is 6.70. The molecule has 8 nitrogen and oxygen atoms in total. The van der Waals surface area contributed by atoms with Crippen molar-refractivity contribution >= 4 is 10.0 Å². The van der Waals surface area contributed by atoms with Crippen LogP contribution in [-0.2, 0) is 27.7 Å². The third kappa shape index (κ3) is 5.87. The molecule has 1 atom stereocenters. The van der Waals surface area contributed by atoms with Crippen molar-refractivity contribution in [2.45, 2.75) is 50.7 Å². The molecule has 3 aromatic rings. The van der Waals surface area contributed by atoms with Crippen LogP contribution in [0.3, 0.4) is 0 Å². The largest absolute Gasteiger partial charge is 0.377 e. The molecule has 0 bridgehead atoms. The van der Waals surface area contributed by atoms with Crippen LogP contribution in [0.25, 0.3) is 5.69 Å². The lowest BCUT2D eigenvalue weighted by Crippen LogP contribution is -2.23. The predicted octanol–water partition coefficient (Wildman–Crippen LogP) is 2.95. The number of hydrogen-bond acceptors (Lipinski definition) is 6. The Hall–Kier alpha value is -2.66. The topological polar surface area (TPSA) is 103 Å². The Labute approximate surface area is 199 Å². The van der Waals surface area contributed by atoms with E-state index >= 15 is 0 Å². The summed E-state index contributed by atoms with van der Waals surface area (Å²) in [6.45, 7) is 7.06. The number of nitrogens with two attached hydrogens (primary N) is 1. The first-order valence-electron chi connectivity index (χ1n) is 11.4. The van der Waals surface area contributed by atoms with Crippen molar-refractivity contribution in [3.05, 3.63) is 71.1 Å². The maximum atomic E-state index is 15.0. The Morgan fingerprint density at radius 1 is 1.24 bits per heavy atom. The minimum absolute atomic E-state index is 0.124. The highest BCUT2D eigenvalue weighted by Crippen LogP contribution is 2.22. The number of benzene rings is 2. The van der Waals surface area contributed by atoms with E-state index in [2.05, 4.69) is 23.0 Å². The highest BCUT2D eigenvalue weighted by molar-refractivity contribution is 7.89. The van der Waals surface area contributed by atoms with Gasteiger partial charge in [0.15, 0.2) is 5.82 Å². The molecule has 0 amide bonds. The molecule has 4 rings (SSSR count). The van der Waals surface area contributed by atoms with Crippen molar-refractivity contribution < 1.29 is 17.5 Å². The maximum Gasteiger partial charge on any atom is 0.238 e. The summed E-state index contributed by atoms with van der Waals surface area (Å²) in [6.07, 6.45) is 2.60. The minimum Gasteiger partial charge on any atom is -0.377 e. The van der Waals surface area contributed by atoms with Crippen molar-refractivity contribution in [3.8, 4) is 5.69 Å². The van der Waals surface area contributed by atoms with Crippen molar-refractivity contribution in [3.63, 3.8) is 0 Å². The molecule has 0 spiro atoms. The van der Waals surface area contributed by atoms with Crippen LogP contribution < -0.4 is 5.14 Å². The molecule has 182 valence electrons. The van der Waals surface area contributed by atoms with Gasteiger partial charge in [-0.05, 0) is 43.5 Å². The summed E-state index contributed by atoms with van der Waals surface area (Å²) in [5.41, 5.74) is 2.26. The van der Waals surface area contributed by atoms with Crippen LogP contribution in [-0.4, -0.2) is 53.9 Å². The van der Waals surface area contributed by atoms with E-state index in [9.17, 15) is 12.8 Å². The quantitative estimate of drug-likeness (QED) is 0.498. The summed E-state index contributed by atoms with van der Waals surface area (Å²) in [7, 11) is -4.01. The van der Waals surface area contributed by atoms with E-state index in [1.807, 2.05) is 25.1 Å². The Kier molecular flexibility index (Phi) is 7.42. The van der Waals surface area contributed by atoms with Gasteiger partial charge in [-0.1, -0.05) is 36.8 Å². The van der Waals surface area contributed by atoms with Gasteiger partial charge in [0.05, 0.1) is 17.5 Å². The molecule has 2 heterocycles. The zero-order chi connectivity index (χ0) is 24.3. The van der Waals surface area contributed by atoms with Crippen LogP contribution >= 0.6 is 0 Å². The number of rotatable bonds is 9. The van der Waals surface area contributed by atoms with E-state index in [4.69, 9.17) is 14.9 Å².